The van der Waals surface area contributed by atoms with Gasteiger partial charge in [-0.2, -0.15) is 0 Å². The van der Waals surface area contributed by atoms with E-state index in [0.717, 1.165) is 40.1 Å². The molecule has 0 bridgehead atoms. The van der Waals surface area contributed by atoms with Crippen LogP contribution in [0.2, 0.25) is 0 Å². The minimum absolute atomic E-state index is 0.0907. The second-order valence-electron chi connectivity index (χ2n) is 21.2. The van der Waals surface area contributed by atoms with Gasteiger partial charge in [0.05, 0.1) is 28.4 Å². The predicted molar refractivity (Wildman–Crippen MR) is 264 cm³/mol. The summed E-state index contributed by atoms with van der Waals surface area (Å²) in [5, 5.41) is 0. The molecule has 2 heterocycles. The van der Waals surface area contributed by atoms with Crippen LogP contribution in [0.3, 0.4) is 0 Å². The molecule has 5 aromatic carbocycles. The molecule has 2 aliphatic heterocycles. The molecule has 2 aliphatic rings. The van der Waals surface area contributed by atoms with Gasteiger partial charge in [0, 0.05) is 0 Å². The lowest BCUT2D eigenvalue weighted by atomic mass is 9.87. The van der Waals surface area contributed by atoms with Crippen LogP contribution in [-0.4, -0.2) is 41.5 Å². The number of benzene rings is 5. The van der Waals surface area contributed by atoms with Crippen LogP contribution in [0.25, 0.3) is 0 Å². The van der Waals surface area contributed by atoms with Gasteiger partial charge >= 0.3 is 6.29 Å². The maximum absolute atomic E-state index is 12.7. The number of hydrogen-bond acceptors (Lipinski definition) is 8. The molecule has 66 heavy (non-hydrogen) atoms. The molecule has 0 N–H and O–H groups in total. The molecule has 0 radical (unpaired) electrons. The van der Waals surface area contributed by atoms with E-state index in [9.17, 15) is 8.78 Å². The van der Waals surface area contributed by atoms with E-state index in [-0.39, 0.29) is 38.6 Å². The molecule has 0 aliphatic carbocycles. The summed E-state index contributed by atoms with van der Waals surface area (Å²) in [7, 11) is 6.69. The summed E-state index contributed by atoms with van der Waals surface area (Å²) in [5.74, 6) is 5.34. The third kappa shape index (κ3) is 16.7. The van der Waals surface area contributed by atoms with Crippen molar-refractivity contribution in [1.82, 2.24) is 0 Å². The van der Waals surface area contributed by atoms with Gasteiger partial charge in [0.2, 0.25) is 6.79 Å². The molecule has 10 heteroatoms. The topological polar surface area (TPSA) is 73.8 Å². The Morgan fingerprint density at radius 1 is 0.379 bits per heavy atom. The second-order valence-corrected chi connectivity index (χ2v) is 21.2. The zero-order chi connectivity index (χ0) is 49.9. The summed E-state index contributed by atoms with van der Waals surface area (Å²) < 4.78 is 65.3. The number of ether oxygens (including phenoxy) is 8. The number of alkyl halides is 2. The van der Waals surface area contributed by atoms with Crippen LogP contribution in [0.1, 0.15) is 132 Å². The molecule has 0 atom stereocenters. The van der Waals surface area contributed by atoms with E-state index in [2.05, 4.69) is 135 Å². The van der Waals surface area contributed by atoms with Crippen LogP contribution in [0.4, 0.5) is 8.78 Å². The van der Waals surface area contributed by atoms with E-state index < -0.39 is 6.29 Å². The van der Waals surface area contributed by atoms with Gasteiger partial charge < -0.3 is 37.9 Å². The third-order valence-electron chi connectivity index (χ3n) is 10.6. The molecule has 0 saturated carbocycles. The third-order valence-corrected chi connectivity index (χ3v) is 10.6. The number of methoxy groups -OCH3 is 4. The SMILES string of the molecule is CC(C)(C)c1ccc2c(c1)OC(F)(F)O2.CC(C)(C)c1ccc2c(c1)OCO2.COc1ccc(C(C)(C)C)cc1.COc1ccc(C(C)(C)C)cc1OC.COc1cccc(C(C)(C)C)c1. The highest BCUT2D eigenvalue weighted by Gasteiger charge is 2.43. The van der Waals surface area contributed by atoms with Crippen molar-refractivity contribution in [3.63, 3.8) is 0 Å². The fourth-order valence-corrected chi connectivity index (χ4v) is 6.26. The van der Waals surface area contributed by atoms with Gasteiger partial charge in [-0.25, -0.2) is 0 Å². The smallest absolute Gasteiger partial charge is 0.497 e. The quantitative estimate of drug-likeness (QED) is 0.177. The first-order valence-electron chi connectivity index (χ1n) is 22.2. The van der Waals surface area contributed by atoms with Crippen LogP contribution < -0.4 is 37.9 Å². The normalized spacial score (nSPS) is 13.5. The molecule has 0 saturated heterocycles. The zero-order valence-corrected chi connectivity index (χ0v) is 43.0. The second kappa shape index (κ2) is 22.2. The molecule has 362 valence electrons. The van der Waals surface area contributed by atoms with Crippen molar-refractivity contribution in [3.8, 4) is 46.0 Å². The van der Waals surface area contributed by atoms with Gasteiger partial charge in [0.1, 0.15) is 11.5 Å². The first-order chi connectivity index (χ1) is 30.4. The Kier molecular flexibility index (Phi) is 18.4. The Balaban J connectivity index is 0.000000220. The summed E-state index contributed by atoms with van der Waals surface area (Å²) >= 11 is 0. The van der Waals surface area contributed by atoms with Crippen molar-refractivity contribution >= 4 is 0 Å². The van der Waals surface area contributed by atoms with Gasteiger partial charge in [-0.05, 0) is 116 Å². The van der Waals surface area contributed by atoms with Gasteiger partial charge in [0.15, 0.2) is 34.5 Å². The van der Waals surface area contributed by atoms with E-state index in [1.165, 1.54) is 28.3 Å². The summed E-state index contributed by atoms with van der Waals surface area (Å²) in [6, 6.07) is 33.5. The fraction of sp³-hybridized carbons (Fsp3) is 0.464. The van der Waals surface area contributed by atoms with Crippen LogP contribution >= 0.6 is 0 Å². The van der Waals surface area contributed by atoms with E-state index in [4.69, 9.17) is 28.4 Å². The van der Waals surface area contributed by atoms with Crippen molar-refractivity contribution in [2.75, 3.05) is 35.2 Å². The molecule has 0 unspecified atom stereocenters. The van der Waals surface area contributed by atoms with E-state index >= 15 is 0 Å². The van der Waals surface area contributed by atoms with Gasteiger partial charge in [-0.15, -0.1) is 8.78 Å². The maximum Gasteiger partial charge on any atom is 0.586 e. The Labute approximate surface area is 394 Å². The first-order valence-corrected chi connectivity index (χ1v) is 22.2. The van der Waals surface area contributed by atoms with Gasteiger partial charge in [0.25, 0.3) is 0 Å². The van der Waals surface area contributed by atoms with Crippen molar-refractivity contribution < 1.29 is 46.7 Å². The molecular formula is C56H76F2O8. The molecule has 7 rings (SSSR count). The highest BCUT2D eigenvalue weighted by atomic mass is 19.3. The fourth-order valence-electron chi connectivity index (χ4n) is 6.26. The average molecular weight is 915 g/mol. The minimum Gasteiger partial charge on any atom is -0.497 e. The lowest BCUT2D eigenvalue weighted by molar-refractivity contribution is -0.286. The lowest BCUT2D eigenvalue weighted by Crippen LogP contribution is -2.25. The number of fused-ring (bicyclic) bond motifs is 2. The maximum atomic E-state index is 12.7. The van der Waals surface area contributed by atoms with Gasteiger partial charge in [-0.3, -0.25) is 0 Å². The largest absolute Gasteiger partial charge is 0.586 e. The summed E-state index contributed by atoms with van der Waals surface area (Å²) in [6.45, 7) is 32.6. The molecular weight excluding hydrogens is 839 g/mol. The van der Waals surface area contributed by atoms with Crippen LogP contribution in [0, 0.1) is 0 Å². The van der Waals surface area contributed by atoms with Crippen LogP contribution in [-0.2, 0) is 27.1 Å². The minimum atomic E-state index is -3.53. The van der Waals surface area contributed by atoms with Crippen LogP contribution in [0.15, 0.2) is 103 Å². The molecule has 0 fully saturated rings. The Bertz CT molecular complexity index is 2280. The van der Waals surface area contributed by atoms with Crippen molar-refractivity contribution in [2.45, 2.75) is 137 Å². The highest BCUT2D eigenvalue weighted by Crippen LogP contribution is 2.43. The number of rotatable bonds is 4. The lowest BCUT2D eigenvalue weighted by Gasteiger charge is -2.20. The summed E-state index contributed by atoms with van der Waals surface area (Å²) in [6.07, 6.45) is -3.53. The zero-order valence-electron chi connectivity index (χ0n) is 43.0. The number of hydrogen-bond donors (Lipinski definition) is 0. The Hall–Kier alpha value is -5.64. The Morgan fingerprint density at radius 3 is 1.27 bits per heavy atom. The van der Waals surface area contributed by atoms with E-state index in [1.54, 1.807) is 40.6 Å². The molecule has 0 aromatic heterocycles. The van der Waals surface area contributed by atoms with Gasteiger partial charge in [-0.1, -0.05) is 146 Å². The van der Waals surface area contributed by atoms with Crippen molar-refractivity contribution in [3.05, 3.63) is 131 Å². The first kappa shape index (κ1) is 54.7. The summed E-state index contributed by atoms with van der Waals surface area (Å²) in [5.41, 5.74) is 6.73. The molecule has 5 aromatic rings. The van der Waals surface area contributed by atoms with E-state index in [0.29, 0.717) is 6.79 Å². The molecule has 0 spiro atoms. The highest BCUT2D eigenvalue weighted by molar-refractivity contribution is 5.48. The van der Waals surface area contributed by atoms with E-state index in [1.807, 2.05) is 63.2 Å². The number of halogens is 2. The summed E-state index contributed by atoms with van der Waals surface area (Å²) in [4.78, 5) is 0. The average Bonchev–Trinajstić information content (AvgIpc) is 3.85. The van der Waals surface area contributed by atoms with Crippen molar-refractivity contribution in [1.29, 1.82) is 0 Å². The molecule has 8 nitrogen and oxygen atoms in total. The van der Waals surface area contributed by atoms with Crippen molar-refractivity contribution in [2.24, 2.45) is 0 Å². The predicted octanol–water partition coefficient (Wildman–Crippen LogP) is 15.0. The Morgan fingerprint density at radius 2 is 0.788 bits per heavy atom. The molecule has 0 amide bonds. The monoisotopic (exact) mass is 915 g/mol. The standard InChI is InChI=1S/C12H18O2.C11H12F2O2.C11H14O2.2C11H16O/c1-12(2,3)9-6-7-10(13-4)11(8-9)14-5;1-10(2,3)7-4-5-8-9(6-7)15-11(12,13)14-8;1-11(2,3)8-4-5-9-10(6-8)13-7-12-9;1-11(2,3)9-5-7-10(12-4)8-6-9;1-11(2,3)9-6-5-7-10(8-9)12-4/h6-8H,1-5H3;4-6H,1-3H3;4-6H,7H2,1-3H3;2*5-8H,1-4H3. The van der Waals surface area contributed by atoms with Crippen LogP contribution in [0.5, 0.6) is 46.0 Å².